The molecule has 0 radical (unpaired) electrons. The Morgan fingerprint density at radius 1 is 0.941 bits per heavy atom. The summed E-state index contributed by atoms with van der Waals surface area (Å²) in [7, 11) is 0. The highest BCUT2D eigenvalue weighted by Crippen LogP contribution is 1.94. The first-order chi connectivity index (χ1) is 7.99. The smallest absolute Gasteiger partial charge is 0.234 e. The monoisotopic (exact) mass is 243 g/mol. The van der Waals surface area contributed by atoms with Gasteiger partial charge >= 0.3 is 0 Å². The highest BCUT2D eigenvalue weighted by atomic mass is 16.2. The second-order valence-corrected chi connectivity index (χ2v) is 4.41. The van der Waals surface area contributed by atoms with Gasteiger partial charge in [-0.25, -0.2) is 0 Å². The molecule has 0 spiro atoms. The predicted molar refractivity (Wildman–Crippen MR) is 68.7 cm³/mol. The molecule has 0 atom stereocenters. The summed E-state index contributed by atoms with van der Waals surface area (Å²) in [6.45, 7) is 8.24. The average Bonchev–Trinajstić information content (AvgIpc) is 2.24. The van der Waals surface area contributed by atoms with Gasteiger partial charge in [0.2, 0.25) is 11.8 Å². The lowest BCUT2D eigenvalue weighted by atomic mass is 10.2. The van der Waals surface area contributed by atoms with E-state index < -0.39 is 0 Å². The Morgan fingerprint density at radius 3 is 1.82 bits per heavy atom. The molecule has 0 fully saturated rings. The molecule has 0 heterocycles. The van der Waals surface area contributed by atoms with Gasteiger partial charge in [-0.05, 0) is 26.7 Å². The zero-order chi connectivity index (χ0) is 13.3. The van der Waals surface area contributed by atoms with Gasteiger partial charge in [-0.15, -0.1) is 0 Å². The fourth-order valence-corrected chi connectivity index (χ4v) is 1.43. The molecule has 0 aliphatic carbocycles. The van der Waals surface area contributed by atoms with E-state index in [-0.39, 0.29) is 37.0 Å². The number of nitrogens with one attached hydrogen (secondary N) is 3. The van der Waals surface area contributed by atoms with Crippen LogP contribution in [0.15, 0.2) is 0 Å². The molecule has 3 N–H and O–H groups in total. The van der Waals surface area contributed by atoms with Gasteiger partial charge in [-0.3, -0.25) is 14.9 Å². The van der Waals surface area contributed by atoms with Gasteiger partial charge in [-0.1, -0.05) is 13.8 Å². The molecule has 0 aliphatic rings. The lowest BCUT2D eigenvalue weighted by Gasteiger charge is -2.15. The molecular weight excluding hydrogens is 218 g/mol. The molecule has 100 valence electrons. The minimum atomic E-state index is -0.0877. The Kier molecular flexibility index (Phi) is 8.40. The van der Waals surface area contributed by atoms with Gasteiger partial charge in [0.05, 0.1) is 13.1 Å². The van der Waals surface area contributed by atoms with Crippen molar-refractivity contribution >= 4 is 11.8 Å². The van der Waals surface area contributed by atoms with Gasteiger partial charge in [0, 0.05) is 12.1 Å². The normalized spacial score (nSPS) is 10.7. The average molecular weight is 243 g/mol. The van der Waals surface area contributed by atoms with E-state index in [2.05, 4.69) is 16.0 Å². The lowest BCUT2D eigenvalue weighted by Crippen LogP contribution is -2.43. The molecule has 0 aromatic heterocycles. The van der Waals surface area contributed by atoms with Crippen molar-refractivity contribution in [1.82, 2.24) is 16.0 Å². The minimum absolute atomic E-state index is 0.0592. The minimum Gasteiger partial charge on any atom is -0.353 e. The summed E-state index contributed by atoms with van der Waals surface area (Å²) in [5.74, 6) is -0.147. The maximum absolute atomic E-state index is 11.5. The molecule has 0 rings (SSSR count). The van der Waals surface area contributed by atoms with Crippen molar-refractivity contribution in [2.45, 2.75) is 52.6 Å². The van der Waals surface area contributed by atoms with Crippen molar-refractivity contribution < 1.29 is 9.59 Å². The quantitative estimate of drug-likeness (QED) is 0.578. The molecule has 0 bridgehead atoms. The number of hydrogen-bond donors (Lipinski definition) is 3. The first kappa shape index (κ1) is 15.9. The van der Waals surface area contributed by atoms with Crippen molar-refractivity contribution in [3.63, 3.8) is 0 Å². The molecule has 0 saturated heterocycles. The van der Waals surface area contributed by atoms with E-state index in [1.165, 1.54) is 0 Å². The molecule has 5 nitrogen and oxygen atoms in total. The molecule has 0 unspecified atom stereocenters. The topological polar surface area (TPSA) is 70.2 Å². The largest absolute Gasteiger partial charge is 0.353 e. The van der Waals surface area contributed by atoms with Crippen LogP contribution in [-0.2, 0) is 9.59 Å². The fourth-order valence-electron chi connectivity index (χ4n) is 1.43. The van der Waals surface area contributed by atoms with E-state index in [1.54, 1.807) is 0 Å². The maximum Gasteiger partial charge on any atom is 0.234 e. The number of carbonyl (C=O) groups is 2. The van der Waals surface area contributed by atoms with E-state index in [9.17, 15) is 9.59 Å². The number of rotatable bonds is 8. The van der Waals surface area contributed by atoms with Crippen molar-refractivity contribution in [1.29, 1.82) is 0 Å². The summed E-state index contributed by atoms with van der Waals surface area (Å²) in [4.78, 5) is 22.7. The van der Waals surface area contributed by atoms with Crippen LogP contribution in [0.3, 0.4) is 0 Å². The zero-order valence-electron chi connectivity index (χ0n) is 11.3. The summed E-state index contributed by atoms with van der Waals surface area (Å²) in [5, 5.41) is 8.46. The van der Waals surface area contributed by atoms with Crippen LogP contribution < -0.4 is 16.0 Å². The summed E-state index contributed by atoms with van der Waals surface area (Å²) in [6.07, 6.45) is 1.85. The van der Waals surface area contributed by atoms with Gasteiger partial charge in [0.1, 0.15) is 0 Å². The molecule has 5 heteroatoms. The third kappa shape index (κ3) is 8.68. The van der Waals surface area contributed by atoms with Crippen molar-refractivity contribution in [3.05, 3.63) is 0 Å². The third-order valence-electron chi connectivity index (χ3n) is 2.37. The van der Waals surface area contributed by atoms with E-state index in [0.29, 0.717) is 0 Å². The Labute approximate surface area is 104 Å². The van der Waals surface area contributed by atoms with Crippen LogP contribution >= 0.6 is 0 Å². The molecular formula is C12H25N3O2. The lowest BCUT2D eigenvalue weighted by molar-refractivity contribution is -0.122. The molecule has 0 aliphatic heterocycles. The Hall–Kier alpha value is -1.10. The van der Waals surface area contributed by atoms with E-state index in [4.69, 9.17) is 0 Å². The van der Waals surface area contributed by atoms with Crippen molar-refractivity contribution in [3.8, 4) is 0 Å². The molecule has 0 saturated carbocycles. The van der Waals surface area contributed by atoms with Crippen LogP contribution in [0.25, 0.3) is 0 Å². The van der Waals surface area contributed by atoms with E-state index >= 15 is 0 Å². The molecule has 0 aromatic carbocycles. The van der Waals surface area contributed by atoms with Crippen LogP contribution in [0.2, 0.25) is 0 Å². The van der Waals surface area contributed by atoms with Crippen LogP contribution in [0.5, 0.6) is 0 Å². The highest BCUT2D eigenvalue weighted by Gasteiger charge is 2.08. The Balaban J connectivity index is 3.67. The van der Waals surface area contributed by atoms with Gasteiger partial charge in [0.15, 0.2) is 0 Å². The van der Waals surface area contributed by atoms with Crippen LogP contribution in [0.1, 0.15) is 40.5 Å². The molecule has 2 amide bonds. The molecule has 17 heavy (non-hydrogen) atoms. The second-order valence-electron chi connectivity index (χ2n) is 4.41. The number of amides is 2. The van der Waals surface area contributed by atoms with Crippen molar-refractivity contribution in [2.75, 3.05) is 13.1 Å². The number of carbonyl (C=O) groups excluding carboxylic acids is 2. The fraction of sp³-hybridized carbons (Fsp3) is 0.833. The zero-order valence-corrected chi connectivity index (χ0v) is 11.3. The highest BCUT2D eigenvalue weighted by molar-refractivity contribution is 5.81. The summed E-state index contributed by atoms with van der Waals surface area (Å²) in [6, 6.07) is 0.358. The van der Waals surface area contributed by atoms with Crippen LogP contribution in [0.4, 0.5) is 0 Å². The van der Waals surface area contributed by atoms with Gasteiger partial charge in [-0.2, -0.15) is 0 Å². The van der Waals surface area contributed by atoms with E-state index in [1.807, 2.05) is 27.7 Å². The summed E-state index contributed by atoms with van der Waals surface area (Å²) < 4.78 is 0. The molecule has 0 aromatic rings. The first-order valence-electron chi connectivity index (χ1n) is 6.29. The number of hydrogen-bond acceptors (Lipinski definition) is 3. The predicted octanol–water partition coefficient (Wildman–Crippen LogP) is 0.405. The van der Waals surface area contributed by atoms with Crippen LogP contribution in [-0.4, -0.2) is 37.0 Å². The third-order valence-corrected chi connectivity index (χ3v) is 2.37. The Bertz CT molecular complexity index is 238. The Morgan fingerprint density at radius 2 is 1.41 bits per heavy atom. The maximum atomic E-state index is 11.5. The van der Waals surface area contributed by atoms with Gasteiger partial charge < -0.3 is 10.6 Å². The first-order valence-corrected chi connectivity index (χ1v) is 6.29. The summed E-state index contributed by atoms with van der Waals surface area (Å²) >= 11 is 0. The van der Waals surface area contributed by atoms with Crippen LogP contribution in [0, 0.1) is 0 Å². The standard InChI is InChI=1S/C12H25N3O2/c1-5-10(6-2)15-12(17)8-13-7-11(16)14-9(3)4/h9-10,13H,5-8H2,1-4H3,(H,14,16)(H,15,17). The second kappa shape index (κ2) is 8.98. The summed E-state index contributed by atoms with van der Waals surface area (Å²) in [5.41, 5.74) is 0. The van der Waals surface area contributed by atoms with Crippen molar-refractivity contribution in [2.24, 2.45) is 0 Å². The van der Waals surface area contributed by atoms with E-state index in [0.717, 1.165) is 12.8 Å². The SMILES string of the molecule is CCC(CC)NC(=O)CNCC(=O)NC(C)C. The van der Waals surface area contributed by atoms with Gasteiger partial charge in [0.25, 0.3) is 0 Å².